The average Bonchev–Trinajstić information content (AvgIpc) is 2.81. The highest BCUT2D eigenvalue weighted by Crippen LogP contribution is 2.36. The molecule has 0 N–H and O–H groups in total. The van der Waals surface area contributed by atoms with Gasteiger partial charge < -0.3 is 4.74 Å². The van der Waals surface area contributed by atoms with Gasteiger partial charge in [0, 0.05) is 0 Å². The highest BCUT2D eigenvalue weighted by Gasteiger charge is 2.15. The molecule has 0 saturated carbocycles. The molecule has 0 bridgehead atoms. The van der Waals surface area contributed by atoms with Crippen LogP contribution >= 0.6 is 0 Å². The van der Waals surface area contributed by atoms with Crippen molar-refractivity contribution in [2.75, 3.05) is 6.61 Å². The summed E-state index contributed by atoms with van der Waals surface area (Å²) in [6.07, 6.45) is 4.15. The number of aryl methyl sites for hydroxylation is 4. The molecule has 0 spiro atoms. The van der Waals surface area contributed by atoms with Gasteiger partial charge in [-0.1, -0.05) is 89.1 Å². The molecule has 0 radical (unpaired) electrons. The molecule has 0 amide bonds. The zero-order valence-electron chi connectivity index (χ0n) is 20.2. The fourth-order valence-corrected chi connectivity index (χ4v) is 4.05. The van der Waals surface area contributed by atoms with Gasteiger partial charge in [-0.3, -0.25) is 0 Å². The minimum atomic E-state index is 0.579. The van der Waals surface area contributed by atoms with Crippen molar-refractivity contribution in [1.29, 1.82) is 0 Å². The van der Waals surface area contributed by atoms with Gasteiger partial charge in [-0.2, -0.15) is 0 Å². The normalized spacial score (nSPS) is 12.1. The number of hydrogen-bond donors (Lipinski definition) is 0. The molecule has 3 aromatic carbocycles. The maximum Gasteiger partial charge on any atom is 0.122 e. The molecule has 1 atom stereocenters. The van der Waals surface area contributed by atoms with Crippen LogP contribution in [-0.4, -0.2) is 6.61 Å². The molecule has 3 aromatic rings. The van der Waals surface area contributed by atoms with Crippen LogP contribution in [0.15, 0.2) is 54.6 Å². The predicted molar refractivity (Wildman–Crippen MR) is 135 cm³/mol. The standard InChI is InChI=1S/C30H38O/c1-7-21(5)20-31-30-19-24(9-3)29(18-25(30)10-4)28-16-15-27(17-23(28)8-2)26-13-11-22(6)12-14-26/h11-19,21H,7-10,20H2,1-6H3. The fourth-order valence-electron chi connectivity index (χ4n) is 4.05. The summed E-state index contributed by atoms with van der Waals surface area (Å²) in [5, 5.41) is 0. The van der Waals surface area contributed by atoms with Crippen LogP contribution < -0.4 is 4.74 Å². The van der Waals surface area contributed by atoms with Crippen molar-refractivity contribution < 1.29 is 4.74 Å². The number of ether oxygens (including phenoxy) is 1. The smallest absolute Gasteiger partial charge is 0.122 e. The van der Waals surface area contributed by atoms with Gasteiger partial charge >= 0.3 is 0 Å². The molecular formula is C30H38O. The summed E-state index contributed by atoms with van der Waals surface area (Å²) in [4.78, 5) is 0. The van der Waals surface area contributed by atoms with Gasteiger partial charge in [0.1, 0.15) is 5.75 Å². The van der Waals surface area contributed by atoms with E-state index in [-0.39, 0.29) is 0 Å². The molecule has 0 aliphatic carbocycles. The maximum absolute atomic E-state index is 6.26. The minimum Gasteiger partial charge on any atom is -0.493 e. The third kappa shape index (κ3) is 5.39. The Kier molecular flexibility index (Phi) is 7.96. The zero-order chi connectivity index (χ0) is 22.4. The van der Waals surface area contributed by atoms with Crippen molar-refractivity contribution in [3.63, 3.8) is 0 Å². The summed E-state index contributed by atoms with van der Waals surface area (Å²) in [7, 11) is 0. The van der Waals surface area contributed by atoms with Gasteiger partial charge in [-0.05, 0) is 83.2 Å². The van der Waals surface area contributed by atoms with E-state index >= 15 is 0 Å². The monoisotopic (exact) mass is 414 g/mol. The van der Waals surface area contributed by atoms with E-state index in [0.29, 0.717) is 5.92 Å². The quantitative estimate of drug-likeness (QED) is 0.341. The third-order valence-electron chi connectivity index (χ3n) is 6.43. The Morgan fingerprint density at radius 2 is 1.29 bits per heavy atom. The van der Waals surface area contributed by atoms with E-state index in [1.165, 1.54) is 44.5 Å². The van der Waals surface area contributed by atoms with Crippen LogP contribution in [0.3, 0.4) is 0 Å². The molecule has 0 saturated heterocycles. The van der Waals surface area contributed by atoms with Crippen LogP contribution in [0.2, 0.25) is 0 Å². The van der Waals surface area contributed by atoms with Crippen LogP contribution in [0.5, 0.6) is 5.75 Å². The second-order valence-corrected chi connectivity index (χ2v) is 8.74. The lowest BCUT2D eigenvalue weighted by molar-refractivity contribution is 0.254. The first kappa shape index (κ1) is 23.1. The lowest BCUT2D eigenvalue weighted by atomic mass is 9.89. The molecule has 0 heterocycles. The minimum absolute atomic E-state index is 0.579. The lowest BCUT2D eigenvalue weighted by Crippen LogP contribution is -2.09. The fraction of sp³-hybridized carbons (Fsp3) is 0.400. The van der Waals surface area contributed by atoms with Crippen LogP contribution in [0.25, 0.3) is 22.3 Å². The van der Waals surface area contributed by atoms with E-state index in [1.807, 2.05) is 0 Å². The number of hydrogen-bond acceptors (Lipinski definition) is 1. The highest BCUT2D eigenvalue weighted by molar-refractivity contribution is 5.77. The SMILES string of the molecule is CCc1cc(-c2ccc(-c3ccc(C)cc3)cc2CC)c(CC)cc1OCC(C)CC. The van der Waals surface area contributed by atoms with Crippen molar-refractivity contribution >= 4 is 0 Å². The van der Waals surface area contributed by atoms with E-state index in [9.17, 15) is 0 Å². The Hall–Kier alpha value is -2.54. The summed E-state index contributed by atoms with van der Waals surface area (Å²) in [6, 6.07) is 20.5. The first-order valence-corrected chi connectivity index (χ1v) is 12.0. The summed E-state index contributed by atoms with van der Waals surface area (Å²) in [5.41, 5.74) is 10.7. The zero-order valence-corrected chi connectivity index (χ0v) is 20.2. The second-order valence-electron chi connectivity index (χ2n) is 8.74. The Bertz CT molecular complexity index is 998. The molecule has 0 fully saturated rings. The highest BCUT2D eigenvalue weighted by atomic mass is 16.5. The number of benzene rings is 3. The first-order valence-electron chi connectivity index (χ1n) is 12.0. The van der Waals surface area contributed by atoms with Crippen LogP contribution in [0.4, 0.5) is 0 Å². The first-order chi connectivity index (χ1) is 15.0. The predicted octanol–water partition coefficient (Wildman–Crippen LogP) is 8.44. The van der Waals surface area contributed by atoms with Gasteiger partial charge in [0.2, 0.25) is 0 Å². The summed E-state index contributed by atoms with van der Waals surface area (Å²) in [5.74, 6) is 1.65. The van der Waals surface area contributed by atoms with Crippen molar-refractivity contribution in [2.24, 2.45) is 5.92 Å². The van der Waals surface area contributed by atoms with Crippen molar-refractivity contribution in [1.82, 2.24) is 0 Å². The molecule has 1 heteroatoms. The Morgan fingerprint density at radius 3 is 1.90 bits per heavy atom. The summed E-state index contributed by atoms with van der Waals surface area (Å²) in [6.45, 7) is 14.1. The summed E-state index contributed by atoms with van der Waals surface area (Å²) >= 11 is 0. The molecule has 0 aliphatic heterocycles. The molecular weight excluding hydrogens is 376 g/mol. The van der Waals surface area contributed by atoms with Gasteiger partial charge in [0.25, 0.3) is 0 Å². The van der Waals surface area contributed by atoms with Crippen LogP contribution in [0, 0.1) is 12.8 Å². The Morgan fingerprint density at radius 1 is 0.677 bits per heavy atom. The largest absolute Gasteiger partial charge is 0.493 e. The van der Waals surface area contributed by atoms with E-state index in [1.54, 1.807) is 0 Å². The van der Waals surface area contributed by atoms with E-state index in [2.05, 4.69) is 96.1 Å². The maximum atomic E-state index is 6.26. The van der Waals surface area contributed by atoms with E-state index in [0.717, 1.165) is 38.0 Å². The van der Waals surface area contributed by atoms with Crippen molar-refractivity contribution in [2.45, 2.75) is 67.2 Å². The van der Waals surface area contributed by atoms with E-state index in [4.69, 9.17) is 4.74 Å². The van der Waals surface area contributed by atoms with Crippen molar-refractivity contribution in [3.8, 4) is 28.0 Å². The van der Waals surface area contributed by atoms with E-state index < -0.39 is 0 Å². The molecule has 0 aromatic heterocycles. The second kappa shape index (κ2) is 10.7. The Labute approximate surface area is 189 Å². The third-order valence-corrected chi connectivity index (χ3v) is 6.43. The summed E-state index contributed by atoms with van der Waals surface area (Å²) < 4.78 is 6.26. The molecule has 1 unspecified atom stereocenters. The molecule has 0 aliphatic rings. The van der Waals surface area contributed by atoms with Gasteiger partial charge in [-0.15, -0.1) is 0 Å². The molecule has 1 nitrogen and oxygen atoms in total. The topological polar surface area (TPSA) is 9.23 Å². The van der Waals surface area contributed by atoms with Gasteiger partial charge in [-0.25, -0.2) is 0 Å². The molecule has 31 heavy (non-hydrogen) atoms. The Balaban J connectivity index is 2.03. The van der Waals surface area contributed by atoms with Crippen molar-refractivity contribution in [3.05, 3.63) is 76.9 Å². The van der Waals surface area contributed by atoms with Crippen LogP contribution in [0.1, 0.15) is 63.3 Å². The van der Waals surface area contributed by atoms with Gasteiger partial charge in [0.05, 0.1) is 6.61 Å². The number of rotatable bonds is 9. The van der Waals surface area contributed by atoms with Gasteiger partial charge in [0.15, 0.2) is 0 Å². The average molecular weight is 415 g/mol. The molecule has 164 valence electrons. The van der Waals surface area contributed by atoms with Crippen LogP contribution in [-0.2, 0) is 19.3 Å². The molecule has 3 rings (SSSR count). The lowest BCUT2D eigenvalue weighted by Gasteiger charge is -2.19.